The Balaban J connectivity index is 1.84. The van der Waals surface area contributed by atoms with Crippen LogP contribution >= 0.6 is 23.1 Å². The Morgan fingerprint density at radius 1 is 1.40 bits per heavy atom. The summed E-state index contributed by atoms with van der Waals surface area (Å²) >= 11 is 3.19. The number of nitrogens with zero attached hydrogens (tertiary/aromatic N) is 2. The van der Waals surface area contributed by atoms with Gasteiger partial charge in [0.1, 0.15) is 5.78 Å². The second kappa shape index (κ2) is 7.40. The van der Waals surface area contributed by atoms with Crippen molar-refractivity contribution in [1.82, 2.24) is 10.2 Å². The maximum atomic E-state index is 10.8. The van der Waals surface area contributed by atoms with Crippen molar-refractivity contribution in [1.29, 1.82) is 0 Å². The number of nitrogens with one attached hydrogen (secondary N) is 1. The van der Waals surface area contributed by atoms with Gasteiger partial charge >= 0.3 is 0 Å². The molecule has 0 aliphatic heterocycles. The molecule has 0 spiro atoms. The first-order valence-electron chi connectivity index (χ1n) is 6.43. The minimum absolute atomic E-state index is 0.240. The predicted octanol–water partition coefficient (Wildman–Crippen LogP) is 4.05. The standard InChI is InChI=1S/C14H17N3OS2/c1-10-5-3-7-12(9-10)15-13-16-17-14(20-13)19-8-4-6-11(2)18/h3,5,7,9H,4,6,8H2,1-2H3,(H,15,16). The zero-order valence-electron chi connectivity index (χ0n) is 11.5. The Morgan fingerprint density at radius 2 is 2.25 bits per heavy atom. The first-order valence-corrected chi connectivity index (χ1v) is 8.23. The van der Waals surface area contributed by atoms with Gasteiger partial charge in [-0.3, -0.25) is 0 Å². The topological polar surface area (TPSA) is 54.9 Å². The monoisotopic (exact) mass is 307 g/mol. The minimum atomic E-state index is 0.240. The van der Waals surface area contributed by atoms with Crippen molar-refractivity contribution in [3.8, 4) is 0 Å². The summed E-state index contributed by atoms with van der Waals surface area (Å²) in [5.41, 5.74) is 2.23. The SMILES string of the molecule is CC(=O)CCCSc1nnc(Nc2cccc(C)c2)s1. The van der Waals surface area contributed by atoms with Crippen molar-refractivity contribution < 1.29 is 4.79 Å². The quantitative estimate of drug-likeness (QED) is 0.617. The molecule has 0 saturated heterocycles. The summed E-state index contributed by atoms with van der Waals surface area (Å²) in [6, 6.07) is 8.15. The lowest BCUT2D eigenvalue weighted by Crippen LogP contribution is -1.90. The summed E-state index contributed by atoms with van der Waals surface area (Å²) in [6.45, 7) is 3.68. The molecule has 2 rings (SSSR count). The smallest absolute Gasteiger partial charge is 0.210 e. The van der Waals surface area contributed by atoms with Gasteiger partial charge in [0.05, 0.1) is 0 Å². The minimum Gasteiger partial charge on any atom is -0.330 e. The molecule has 1 N–H and O–H groups in total. The number of rotatable bonds is 7. The second-order valence-corrected chi connectivity index (χ2v) is 6.84. The summed E-state index contributed by atoms with van der Waals surface area (Å²) in [5.74, 6) is 1.14. The summed E-state index contributed by atoms with van der Waals surface area (Å²) in [4.78, 5) is 10.8. The maximum absolute atomic E-state index is 10.8. The van der Waals surface area contributed by atoms with Gasteiger partial charge < -0.3 is 10.1 Å². The Bertz CT molecular complexity index is 583. The van der Waals surface area contributed by atoms with Gasteiger partial charge in [-0.2, -0.15) is 0 Å². The molecule has 1 aromatic heterocycles. The van der Waals surface area contributed by atoms with E-state index in [1.165, 1.54) is 16.9 Å². The van der Waals surface area contributed by atoms with Gasteiger partial charge in [-0.25, -0.2) is 0 Å². The lowest BCUT2D eigenvalue weighted by Gasteiger charge is -2.01. The van der Waals surface area contributed by atoms with E-state index in [1.807, 2.05) is 12.1 Å². The molecule has 1 aromatic carbocycles. The van der Waals surface area contributed by atoms with Gasteiger partial charge in [0.2, 0.25) is 5.13 Å². The number of Topliss-reactive ketones (excluding diaryl/α,β-unsaturated/α-hetero) is 1. The van der Waals surface area contributed by atoms with E-state index in [1.54, 1.807) is 18.7 Å². The van der Waals surface area contributed by atoms with Gasteiger partial charge in [0.25, 0.3) is 0 Å². The summed E-state index contributed by atoms with van der Waals surface area (Å²) in [5, 5.41) is 12.3. The molecule has 0 atom stereocenters. The first kappa shape index (κ1) is 15.0. The molecular weight excluding hydrogens is 290 g/mol. The van der Waals surface area contributed by atoms with E-state index in [9.17, 15) is 4.79 Å². The predicted molar refractivity (Wildman–Crippen MR) is 85.0 cm³/mol. The highest BCUT2D eigenvalue weighted by Gasteiger charge is 2.05. The van der Waals surface area contributed by atoms with E-state index in [0.29, 0.717) is 6.42 Å². The molecule has 0 amide bonds. The van der Waals surface area contributed by atoms with Crippen LogP contribution < -0.4 is 5.32 Å². The van der Waals surface area contributed by atoms with Crippen LogP contribution in [0, 0.1) is 6.92 Å². The van der Waals surface area contributed by atoms with E-state index in [-0.39, 0.29) is 5.78 Å². The Hall–Kier alpha value is -1.40. The number of aryl methyl sites for hydroxylation is 1. The second-order valence-electron chi connectivity index (χ2n) is 4.52. The van der Waals surface area contributed by atoms with Crippen molar-refractivity contribution in [3.05, 3.63) is 29.8 Å². The molecular formula is C14H17N3OS2. The fraction of sp³-hybridized carbons (Fsp3) is 0.357. The molecule has 0 aliphatic carbocycles. The van der Waals surface area contributed by atoms with Crippen LogP contribution in [0.15, 0.2) is 28.6 Å². The van der Waals surface area contributed by atoms with E-state index >= 15 is 0 Å². The third kappa shape index (κ3) is 4.94. The molecule has 6 heteroatoms. The van der Waals surface area contributed by atoms with Crippen LogP contribution in [0.25, 0.3) is 0 Å². The molecule has 0 fully saturated rings. The number of thioether (sulfide) groups is 1. The summed E-state index contributed by atoms with van der Waals surface area (Å²) in [7, 11) is 0. The highest BCUT2D eigenvalue weighted by molar-refractivity contribution is 8.01. The molecule has 0 bridgehead atoms. The molecule has 0 saturated carbocycles. The molecule has 0 radical (unpaired) electrons. The van der Waals surface area contributed by atoms with Crippen LogP contribution in [0.5, 0.6) is 0 Å². The van der Waals surface area contributed by atoms with Crippen LogP contribution in [0.4, 0.5) is 10.8 Å². The van der Waals surface area contributed by atoms with Gasteiger partial charge in [0, 0.05) is 17.9 Å². The number of carbonyl (C=O) groups excluding carboxylic acids is 1. The molecule has 0 unspecified atom stereocenters. The number of hydrogen-bond acceptors (Lipinski definition) is 6. The number of benzene rings is 1. The molecule has 2 aromatic rings. The average molecular weight is 307 g/mol. The van der Waals surface area contributed by atoms with Gasteiger partial charge in [-0.1, -0.05) is 35.2 Å². The number of aromatic nitrogens is 2. The molecule has 1 heterocycles. The van der Waals surface area contributed by atoms with E-state index in [2.05, 4.69) is 34.6 Å². The van der Waals surface area contributed by atoms with E-state index in [4.69, 9.17) is 0 Å². The maximum Gasteiger partial charge on any atom is 0.210 e. The largest absolute Gasteiger partial charge is 0.330 e. The zero-order valence-corrected chi connectivity index (χ0v) is 13.2. The number of ketones is 1. The van der Waals surface area contributed by atoms with Crippen LogP contribution in [-0.2, 0) is 4.79 Å². The zero-order chi connectivity index (χ0) is 14.4. The number of anilines is 2. The summed E-state index contributed by atoms with van der Waals surface area (Å²) < 4.78 is 0.934. The fourth-order valence-electron chi connectivity index (χ4n) is 1.65. The van der Waals surface area contributed by atoms with Gasteiger partial charge in [0.15, 0.2) is 4.34 Å². The van der Waals surface area contributed by atoms with Crippen molar-refractivity contribution in [2.24, 2.45) is 0 Å². The molecule has 4 nitrogen and oxygen atoms in total. The van der Waals surface area contributed by atoms with Crippen LogP contribution in [-0.4, -0.2) is 21.7 Å². The summed E-state index contributed by atoms with van der Waals surface area (Å²) in [6.07, 6.45) is 1.53. The average Bonchev–Trinajstić information content (AvgIpc) is 2.82. The fourth-order valence-corrected chi connectivity index (χ4v) is 3.43. The van der Waals surface area contributed by atoms with Crippen LogP contribution in [0.1, 0.15) is 25.3 Å². The Morgan fingerprint density at radius 3 is 3.00 bits per heavy atom. The molecule has 0 aliphatic rings. The molecule has 20 heavy (non-hydrogen) atoms. The van der Waals surface area contributed by atoms with Gasteiger partial charge in [-0.15, -0.1) is 10.2 Å². The van der Waals surface area contributed by atoms with Crippen LogP contribution in [0.2, 0.25) is 0 Å². The number of hydrogen-bond donors (Lipinski definition) is 1. The van der Waals surface area contributed by atoms with Crippen molar-refractivity contribution in [2.45, 2.75) is 31.0 Å². The first-order chi connectivity index (χ1) is 9.63. The van der Waals surface area contributed by atoms with E-state index < -0.39 is 0 Å². The van der Waals surface area contributed by atoms with Crippen molar-refractivity contribution in [2.75, 3.05) is 11.1 Å². The highest BCUT2D eigenvalue weighted by Crippen LogP contribution is 2.28. The van der Waals surface area contributed by atoms with Crippen molar-refractivity contribution >= 4 is 39.7 Å². The van der Waals surface area contributed by atoms with E-state index in [0.717, 1.165) is 27.3 Å². The number of carbonyl (C=O) groups is 1. The van der Waals surface area contributed by atoms with Gasteiger partial charge in [-0.05, 0) is 38.0 Å². The Kier molecular flexibility index (Phi) is 5.55. The molecule has 106 valence electrons. The highest BCUT2D eigenvalue weighted by atomic mass is 32.2. The van der Waals surface area contributed by atoms with Crippen molar-refractivity contribution in [3.63, 3.8) is 0 Å². The van der Waals surface area contributed by atoms with Crippen LogP contribution in [0.3, 0.4) is 0 Å². The third-order valence-corrected chi connectivity index (χ3v) is 4.63. The normalized spacial score (nSPS) is 10.5. The lowest BCUT2D eigenvalue weighted by atomic mass is 10.2. The lowest BCUT2D eigenvalue weighted by molar-refractivity contribution is -0.117. The Labute approximate surface area is 127 Å². The third-order valence-electron chi connectivity index (χ3n) is 2.57.